The third-order valence-electron chi connectivity index (χ3n) is 6.65. The summed E-state index contributed by atoms with van der Waals surface area (Å²) in [5, 5.41) is 3.58. The van der Waals surface area contributed by atoms with Crippen molar-refractivity contribution in [2.45, 2.75) is 44.1 Å². The predicted molar refractivity (Wildman–Crippen MR) is 124 cm³/mol. The van der Waals surface area contributed by atoms with Crippen LogP contribution in [0, 0.1) is 0 Å². The van der Waals surface area contributed by atoms with Gasteiger partial charge >= 0.3 is 0 Å². The molecule has 7 nitrogen and oxygen atoms in total. The van der Waals surface area contributed by atoms with Gasteiger partial charge in [0.2, 0.25) is 0 Å². The quantitative estimate of drug-likeness (QED) is 0.530. The molecule has 1 N–H and O–H groups in total. The Hall–Kier alpha value is -2.35. The third-order valence-corrected chi connectivity index (χ3v) is 6.65. The van der Waals surface area contributed by atoms with Gasteiger partial charge in [0.15, 0.2) is 5.96 Å². The van der Waals surface area contributed by atoms with Gasteiger partial charge in [-0.15, -0.1) is 0 Å². The van der Waals surface area contributed by atoms with E-state index in [4.69, 9.17) is 18.9 Å². The number of nitrogens with zero attached hydrogens (tertiary/aromatic N) is 3. The molecule has 4 heterocycles. The Labute approximate surface area is 190 Å². The van der Waals surface area contributed by atoms with Gasteiger partial charge in [-0.2, -0.15) is 0 Å². The normalized spacial score (nSPS) is 26.4. The maximum Gasteiger partial charge on any atom is 0.194 e. The minimum absolute atomic E-state index is 0.215. The predicted octanol–water partition coefficient (Wildman–Crippen LogP) is 2.53. The van der Waals surface area contributed by atoms with Gasteiger partial charge < -0.3 is 24.1 Å². The Kier molecular flexibility index (Phi) is 7.06. The van der Waals surface area contributed by atoms with Crippen molar-refractivity contribution in [1.29, 1.82) is 0 Å². The molecule has 32 heavy (non-hydrogen) atoms. The summed E-state index contributed by atoms with van der Waals surface area (Å²) in [5.74, 6) is 1.95. The Morgan fingerprint density at radius 2 is 2.00 bits per heavy atom. The van der Waals surface area contributed by atoms with Crippen LogP contribution in [0.25, 0.3) is 0 Å². The van der Waals surface area contributed by atoms with Gasteiger partial charge in [-0.3, -0.25) is 9.89 Å². The molecule has 0 bridgehead atoms. The highest BCUT2D eigenvalue weighted by Crippen LogP contribution is 2.25. The number of rotatable bonds is 7. The van der Waals surface area contributed by atoms with Crippen LogP contribution in [0.1, 0.15) is 24.2 Å². The Morgan fingerprint density at radius 3 is 2.81 bits per heavy atom. The molecule has 7 heteroatoms. The maximum atomic E-state index is 6.19. The van der Waals surface area contributed by atoms with E-state index in [0.717, 1.165) is 76.9 Å². The second kappa shape index (κ2) is 10.5. The van der Waals surface area contributed by atoms with Crippen molar-refractivity contribution in [3.63, 3.8) is 0 Å². The summed E-state index contributed by atoms with van der Waals surface area (Å²) in [4.78, 5) is 9.92. The topological polar surface area (TPSA) is 62.5 Å². The molecular formula is C25H34N4O3. The van der Waals surface area contributed by atoms with E-state index in [0.29, 0.717) is 12.6 Å². The molecule has 0 amide bonds. The van der Waals surface area contributed by atoms with Crippen LogP contribution in [-0.4, -0.2) is 79.9 Å². The standard InChI is InChI=1S/C25H34N4O3/c1-2-6-20(7-3-1)17-28-12-15-32-24-19-29(18-23(24)28)25(27-16-22-9-5-14-31-22)26-11-10-21-8-4-13-30-21/h1-4,6-8,13,22-24H,5,9-12,14-19H2,(H,26,27). The van der Waals surface area contributed by atoms with E-state index in [1.54, 1.807) is 6.26 Å². The van der Waals surface area contributed by atoms with Crippen LogP contribution in [-0.2, 0) is 22.4 Å². The molecule has 0 aliphatic carbocycles. The number of hydrogen-bond donors (Lipinski definition) is 1. The number of guanidine groups is 1. The van der Waals surface area contributed by atoms with E-state index in [1.807, 2.05) is 12.1 Å². The average molecular weight is 439 g/mol. The summed E-state index contributed by atoms with van der Waals surface area (Å²) in [6, 6.07) is 15.1. The van der Waals surface area contributed by atoms with Gasteiger partial charge in [-0.05, 0) is 30.5 Å². The molecule has 3 aliphatic heterocycles. The molecule has 0 spiro atoms. The smallest absolute Gasteiger partial charge is 0.194 e. The summed E-state index contributed by atoms with van der Waals surface area (Å²) in [5.41, 5.74) is 1.36. The number of furan rings is 1. The zero-order valence-electron chi connectivity index (χ0n) is 18.7. The fourth-order valence-electron chi connectivity index (χ4n) is 4.94. The number of fused-ring (bicyclic) bond motifs is 1. The van der Waals surface area contributed by atoms with Gasteiger partial charge in [-0.1, -0.05) is 30.3 Å². The molecule has 3 unspecified atom stereocenters. The largest absolute Gasteiger partial charge is 0.469 e. The van der Waals surface area contributed by atoms with E-state index < -0.39 is 0 Å². The van der Waals surface area contributed by atoms with E-state index in [-0.39, 0.29) is 12.2 Å². The van der Waals surface area contributed by atoms with Gasteiger partial charge in [-0.25, -0.2) is 0 Å². The van der Waals surface area contributed by atoms with Crippen molar-refractivity contribution in [2.24, 2.45) is 4.99 Å². The molecule has 0 radical (unpaired) electrons. The third kappa shape index (κ3) is 5.34. The van der Waals surface area contributed by atoms with E-state index in [2.05, 4.69) is 45.4 Å². The SMILES string of the molecule is c1ccc(CN2CCOC3CN(C(=NCC4CCCO4)NCCc4ccco4)CC32)cc1. The molecule has 2 aromatic rings. The number of benzene rings is 1. The van der Waals surface area contributed by atoms with E-state index in [1.165, 1.54) is 5.56 Å². The molecule has 3 aliphatic rings. The summed E-state index contributed by atoms with van der Waals surface area (Å²) in [6.45, 7) is 6.88. The van der Waals surface area contributed by atoms with Crippen LogP contribution in [0.2, 0.25) is 0 Å². The molecule has 5 rings (SSSR count). The first kappa shape index (κ1) is 21.5. The van der Waals surface area contributed by atoms with E-state index >= 15 is 0 Å². The molecule has 3 fully saturated rings. The monoisotopic (exact) mass is 438 g/mol. The van der Waals surface area contributed by atoms with Crippen LogP contribution >= 0.6 is 0 Å². The number of ether oxygens (including phenoxy) is 2. The molecule has 3 atom stereocenters. The van der Waals surface area contributed by atoms with Crippen molar-refractivity contribution in [3.8, 4) is 0 Å². The molecule has 1 aromatic heterocycles. The number of aliphatic imine (C=N–C) groups is 1. The minimum Gasteiger partial charge on any atom is -0.469 e. The molecular weight excluding hydrogens is 404 g/mol. The number of likely N-dealkylation sites (tertiary alicyclic amines) is 1. The summed E-state index contributed by atoms with van der Waals surface area (Å²) < 4.78 is 17.5. The summed E-state index contributed by atoms with van der Waals surface area (Å²) >= 11 is 0. The van der Waals surface area contributed by atoms with Crippen LogP contribution in [0.4, 0.5) is 0 Å². The Balaban J connectivity index is 1.24. The van der Waals surface area contributed by atoms with Crippen LogP contribution in [0.15, 0.2) is 58.1 Å². The van der Waals surface area contributed by atoms with E-state index in [9.17, 15) is 0 Å². The first-order valence-electron chi connectivity index (χ1n) is 11.9. The molecule has 3 saturated heterocycles. The zero-order valence-corrected chi connectivity index (χ0v) is 18.7. The van der Waals surface area contributed by atoms with Crippen molar-refractivity contribution >= 4 is 5.96 Å². The second-order valence-electron chi connectivity index (χ2n) is 8.89. The summed E-state index contributed by atoms with van der Waals surface area (Å²) in [7, 11) is 0. The van der Waals surface area contributed by atoms with Crippen LogP contribution in [0.3, 0.4) is 0 Å². The number of hydrogen-bond acceptors (Lipinski definition) is 5. The van der Waals surface area contributed by atoms with Crippen molar-refractivity contribution in [1.82, 2.24) is 15.1 Å². The lowest BCUT2D eigenvalue weighted by Crippen LogP contribution is -2.50. The second-order valence-corrected chi connectivity index (χ2v) is 8.89. The minimum atomic E-state index is 0.215. The van der Waals surface area contributed by atoms with Crippen molar-refractivity contribution in [3.05, 3.63) is 60.1 Å². The van der Waals surface area contributed by atoms with Gasteiger partial charge in [0.1, 0.15) is 5.76 Å². The molecule has 1 aromatic carbocycles. The summed E-state index contributed by atoms with van der Waals surface area (Å²) in [6.07, 6.45) is 5.26. The molecule has 0 saturated carbocycles. The van der Waals surface area contributed by atoms with Crippen LogP contribution in [0.5, 0.6) is 0 Å². The lowest BCUT2D eigenvalue weighted by Gasteiger charge is -2.36. The van der Waals surface area contributed by atoms with Crippen LogP contribution < -0.4 is 5.32 Å². The maximum absolute atomic E-state index is 6.19. The fourth-order valence-corrected chi connectivity index (χ4v) is 4.94. The number of nitrogens with one attached hydrogen (secondary N) is 1. The first-order chi connectivity index (χ1) is 15.8. The number of morpholine rings is 1. The van der Waals surface area contributed by atoms with Gasteiger partial charge in [0.25, 0.3) is 0 Å². The Bertz CT molecular complexity index is 851. The first-order valence-corrected chi connectivity index (χ1v) is 11.9. The zero-order chi connectivity index (χ0) is 21.6. The lowest BCUT2D eigenvalue weighted by atomic mass is 10.1. The lowest BCUT2D eigenvalue weighted by molar-refractivity contribution is -0.0502. The Morgan fingerprint density at radius 1 is 1.06 bits per heavy atom. The highest BCUT2D eigenvalue weighted by molar-refractivity contribution is 5.80. The molecule has 172 valence electrons. The van der Waals surface area contributed by atoms with Gasteiger partial charge in [0, 0.05) is 45.8 Å². The highest BCUT2D eigenvalue weighted by atomic mass is 16.5. The fraction of sp³-hybridized carbons (Fsp3) is 0.560. The highest BCUT2D eigenvalue weighted by Gasteiger charge is 2.41. The van der Waals surface area contributed by atoms with Crippen molar-refractivity contribution < 1.29 is 13.9 Å². The van der Waals surface area contributed by atoms with Gasteiger partial charge in [0.05, 0.1) is 37.7 Å². The van der Waals surface area contributed by atoms with Crippen molar-refractivity contribution in [2.75, 3.05) is 45.9 Å². The average Bonchev–Trinajstić information content (AvgIpc) is 3.59.